The Hall–Kier alpha value is -1.39. The molecule has 0 fully saturated rings. The van der Waals surface area contributed by atoms with E-state index in [1.54, 1.807) is 7.11 Å². The fourth-order valence-electron chi connectivity index (χ4n) is 1.89. The number of methoxy groups -OCH3 is 1. The number of nitrogens with one attached hydrogen (secondary N) is 1. The molecule has 106 valence electrons. The molecule has 4 nitrogen and oxygen atoms in total. The second-order valence-corrected chi connectivity index (χ2v) is 4.55. The molecule has 0 saturated heterocycles. The van der Waals surface area contributed by atoms with E-state index >= 15 is 0 Å². The van der Waals surface area contributed by atoms with E-state index in [0.29, 0.717) is 18.7 Å². The molecule has 1 amide bonds. The van der Waals surface area contributed by atoms with Gasteiger partial charge >= 0.3 is 0 Å². The molecule has 0 aromatic heterocycles. The second kappa shape index (κ2) is 9.53. The van der Waals surface area contributed by atoms with Crippen LogP contribution in [0, 0.1) is 0 Å². The maximum Gasteiger partial charge on any atom is 0.251 e. The molecule has 19 heavy (non-hydrogen) atoms. The first kappa shape index (κ1) is 15.7. The average Bonchev–Trinajstić information content (AvgIpc) is 2.43. The first-order valence-corrected chi connectivity index (χ1v) is 6.84. The van der Waals surface area contributed by atoms with Gasteiger partial charge in [-0.05, 0) is 49.9 Å². The molecule has 0 radical (unpaired) electrons. The lowest BCUT2D eigenvalue weighted by atomic mass is 10.1. The highest BCUT2D eigenvalue weighted by Crippen LogP contribution is 2.06. The molecular weight excluding hydrogens is 240 g/mol. The van der Waals surface area contributed by atoms with Crippen molar-refractivity contribution in [3.8, 4) is 0 Å². The number of carbonyl (C=O) groups is 1. The Morgan fingerprint density at radius 3 is 2.89 bits per heavy atom. The van der Waals surface area contributed by atoms with Crippen LogP contribution in [0.1, 0.15) is 35.2 Å². The van der Waals surface area contributed by atoms with Gasteiger partial charge in [-0.1, -0.05) is 12.1 Å². The van der Waals surface area contributed by atoms with Gasteiger partial charge in [-0.15, -0.1) is 0 Å². The summed E-state index contributed by atoms with van der Waals surface area (Å²) in [5.74, 6) is -0.00869. The van der Waals surface area contributed by atoms with E-state index in [1.165, 1.54) is 0 Å². The van der Waals surface area contributed by atoms with Crippen molar-refractivity contribution in [2.24, 2.45) is 5.73 Å². The molecule has 0 unspecified atom stereocenters. The van der Waals surface area contributed by atoms with E-state index < -0.39 is 0 Å². The number of benzene rings is 1. The summed E-state index contributed by atoms with van der Waals surface area (Å²) in [6.07, 6.45) is 3.90. The van der Waals surface area contributed by atoms with Crippen molar-refractivity contribution >= 4 is 5.91 Å². The Morgan fingerprint density at radius 2 is 2.16 bits per heavy atom. The zero-order valence-electron chi connectivity index (χ0n) is 11.7. The van der Waals surface area contributed by atoms with Crippen LogP contribution >= 0.6 is 0 Å². The van der Waals surface area contributed by atoms with Gasteiger partial charge in [0, 0.05) is 25.8 Å². The van der Waals surface area contributed by atoms with E-state index in [1.807, 2.05) is 24.3 Å². The lowest BCUT2D eigenvalue weighted by molar-refractivity contribution is 0.0952. The van der Waals surface area contributed by atoms with Gasteiger partial charge in [0.1, 0.15) is 0 Å². The van der Waals surface area contributed by atoms with Gasteiger partial charge in [-0.3, -0.25) is 4.79 Å². The zero-order chi connectivity index (χ0) is 13.9. The van der Waals surface area contributed by atoms with Crippen molar-refractivity contribution in [1.29, 1.82) is 0 Å². The van der Waals surface area contributed by atoms with Crippen LogP contribution in [0.5, 0.6) is 0 Å². The third-order valence-corrected chi connectivity index (χ3v) is 2.93. The van der Waals surface area contributed by atoms with Gasteiger partial charge in [0.2, 0.25) is 0 Å². The van der Waals surface area contributed by atoms with E-state index in [2.05, 4.69) is 5.32 Å². The summed E-state index contributed by atoms with van der Waals surface area (Å²) in [6.45, 7) is 2.10. The number of rotatable bonds is 9. The normalized spacial score (nSPS) is 10.4. The maximum atomic E-state index is 11.9. The first-order chi connectivity index (χ1) is 9.27. The third-order valence-electron chi connectivity index (χ3n) is 2.93. The molecule has 1 aromatic rings. The van der Waals surface area contributed by atoms with E-state index in [9.17, 15) is 4.79 Å². The van der Waals surface area contributed by atoms with Crippen LogP contribution < -0.4 is 11.1 Å². The highest BCUT2D eigenvalue weighted by Gasteiger charge is 2.05. The number of amides is 1. The summed E-state index contributed by atoms with van der Waals surface area (Å²) in [6, 6.07) is 7.64. The van der Waals surface area contributed by atoms with Crippen molar-refractivity contribution < 1.29 is 9.53 Å². The monoisotopic (exact) mass is 264 g/mol. The van der Waals surface area contributed by atoms with Crippen LogP contribution in [0.3, 0.4) is 0 Å². The highest BCUT2D eigenvalue weighted by atomic mass is 16.5. The van der Waals surface area contributed by atoms with E-state index in [-0.39, 0.29) is 5.91 Å². The molecule has 1 aromatic carbocycles. The van der Waals surface area contributed by atoms with Gasteiger partial charge in [0.05, 0.1) is 0 Å². The molecule has 0 aliphatic heterocycles. The number of unbranched alkanes of at least 4 members (excludes halogenated alkanes) is 2. The molecule has 1 rings (SSSR count). The summed E-state index contributed by atoms with van der Waals surface area (Å²) in [5, 5.41) is 2.93. The Morgan fingerprint density at radius 1 is 1.32 bits per heavy atom. The molecule has 0 heterocycles. The predicted octanol–water partition coefficient (Wildman–Crippen LogP) is 1.73. The van der Waals surface area contributed by atoms with Gasteiger partial charge in [0.15, 0.2) is 0 Å². The minimum atomic E-state index is -0.00869. The van der Waals surface area contributed by atoms with E-state index in [4.69, 9.17) is 10.5 Å². The van der Waals surface area contributed by atoms with Crippen molar-refractivity contribution in [2.75, 3.05) is 26.8 Å². The third kappa shape index (κ3) is 6.36. The maximum absolute atomic E-state index is 11.9. The Bertz CT molecular complexity index is 380. The predicted molar refractivity (Wildman–Crippen MR) is 77.3 cm³/mol. The van der Waals surface area contributed by atoms with Crippen LogP contribution in [0.25, 0.3) is 0 Å². The zero-order valence-corrected chi connectivity index (χ0v) is 11.7. The summed E-state index contributed by atoms with van der Waals surface area (Å²) >= 11 is 0. The summed E-state index contributed by atoms with van der Waals surface area (Å²) in [5.41, 5.74) is 7.33. The van der Waals surface area contributed by atoms with Crippen molar-refractivity contribution in [3.05, 3.63) is 35.4 Å². The van der Waals surface area contributed by atoms with Gasteiger partial charge < -0.3 is 15.8 Å². The molecular formula is C15H24N2O2. The van der Waals surface area contributed by atoms with Crippen molar-refractivity contribution in [2.45, 2.75) is 25.7 Å². The lowest BCUT2D eigenvalue weighted by Gasteiger charge is -2.06. The molecule has 0 spiro atoms. The Balaban J connectivity index is 2.30. The number of hydrogen-bond acceptors (Lipinski definition) is 3. The molecule has 0 bridgehead atoms. The molecule has 3 N–H and O–H groups in total. The first-order valence-electron chi connectivity index (χ1n) is 6.84. The summed E-state index contributed by atoms with van der Waals surface area (Å²) in [4.78, 5) is 11.9. The second-order valence-electron chi connectivity index (χ2n) is 4.55. The summed E-state index contributed by atoms with van der Waals surface area (Å²) in [7, 11) is 1.70. The minimum absolute atomic E-state index is 0.00869. The Labute approximate surface area is 115 Å². The van der Waals surface area contributed by atoms with Crippen molar-refractivity contribution in [3.63, 3.8) is 0 Å². The number of carbonyl (C=O) groups excluding carboxylic acids is 1. The number of hydrogen-bond donors (Lipinski definition) is 2. The van der Waals surface area contributed by atoms with Crippen LogP contribution in [0.2, 0.25) is 0 Å². The molecule has 0 aliphatic rings. The number of ether oxygens (including phenoxy) is 1. The van der Waals surface area contributed by atoms with E-state index in [0.717, 1.165) is 37.9 Å². The number of nitrogens with two attached hydrogens (primary N) is 1. The molecule has 0 atom stereocenters. The average molecular weight is 264 g/mol. The lowest BCUT2D eigenvalue weighted by Crippen LogP contribution is -2.24. The van der Waals surface area contributed by atoms with Crippen LogP contribution in [0.15, 0.2) is 24.3 Å². The van der Waals surface area contributed by atoms with Crippen molar-refractivity contribution in [1.82, 2.24) is 5.32 Å². The van der Waals surface area contributed by atoms with Gasteiger partial charge in [-0.2, -0.15) is 0 Å². The topological polar surface area (TPSA) is 64.3 Å². The standard InChI is InChI=1S/C15H24N2O2/c1-19-11-4-2-3-10-17-15(18)14-7-5-6-13(12-14)8-9-16/h5-7,12H,2-4,8-11,16H2,1H3,(H,17,18). The SMILES string of the molecule is COCCCCCNC(=O)c1cccc(CCN)c1. The fraction of sp³-hybridized carbons (Fsp3) is 0.533. The molecule has 0 aliphatic carbocycles. The summed E-state index contributed by atoms with van der Waals surface area (Å²) < 4.78 is 4.98. The Kier molecular flexibility index (Phi) is 7.86. The quantitative estimate of drug-likeness (QED) is 0.668. The highest BCUT2D eigenvalue weighted by molar-refractivity contribution is 5.94. The molecule has 4 heteroatoms. The minimum Gasteiger partial charge on any atom is -0.385 e. The largest absolute Gasteiger partial charge is 0.385 e. The van der Waals surface area contributed by atoms with Crippen LogP contribution in [-0.2, 0) is 11.2 Å². The fourth-order valence-corrected chi connectivity index (χ4v) is 1.89. The van der Waals surface area contributed by atoms with Crippen LogP contribution in [-0.4, -0.2) is 32.7 Å². The van der Waals surface area contributed by atoms with Gasteiger partial charge in [-0.25, -0.2) is 0 Å². The molecule has 0 saturated carbocycles. The van der Waals surface area contributed by atoms with Crippen LogP contribution in [0.4, 0.5) is 0 Å². The smallest absolute Gasteiger partial charge is 0.251 e. The van der Waals surface area contributed by atoms with Gasteiger partial charge in [0.25, 0.3) is 5.91 Å².